The highest BCUT2D eigenvalue weighted by atomic mass is 32.2. The lowest BCUT2D eigenvalue weighted by Gasteiger charge is -2.33. The molecule has 3 amide bonds. The summed E-state index contributed by atoms with van der Waals surface area (Å²) in [4.78, 5) is 41.7. The molecule has 1 N–H and O–H groups in total. The number of halogens is 1. The first kappa shape index (κ1) is 23.1. The Morgan fingerprint density at radius 2 is 1.74 bits per heavy atom. The van der Waals surface area contributed by atoms with Crippen LogP contribution >= 0.6 is 11.8 Å². The van der Waals surface area contributed by atoms with Gasteiger partial charge in [-0.25, -0.2) is 4.39 Å². The number of nitrogens with one attached hydrogen (secondary N) is 1. The van der Waals surface area contributed by atoms with Crippen molar-refractivity contribution in [3.8, 4) is 0 Å². The van der Waals surface area contributed by atoms with E-state index in [1.165, 1.54) is 45.8 Å². The number of carbonyl (C=O) groups is 3. The molecule has 2 heterocycles. The molecule has 6 nitrogen and oxygen atoms in total. The quantitative estimate of drug-likeness (QED) is 0.578. The smallest absolute Gasteiger partial charge is 0.269 e. The van der Waals surface area contributed by atoms with Crippen LogP contribution in [0.25, 0.3) is 0 Å². The molecule has 0 aliphatic carbocycles. The summed E-state index contributed by atoms with van der Waals surface area (Å²) in [6, 6.07) is 16.7. The predicted molar refractivity (Wildman–Crippen MR) is 136 cm³/mol. The second-order valence-corrected chi connectivity index (χ2v) is 10.0. The van der Waals surface area contributed by atoms with Crippen molar-refractivity contribution >= 4 is 46.5 Å². The van der Waals surface area contributed by atoms with E-state index in [1.807, 2.05) is 57.2 Å². The number of benzene rings is 3. The highest BCUT2D eigenvalue weighted by molar-refractivity contribution is 8.02. The van der Waals surface area contributed by atoms with Crippen LogP contribution in [-0.4, -0.2) is 30.0 Å². The Hall–Kier alpha value is -3.65. The molecule has 3 aromatic rings. The topological polar surface area (TPSA) is 69.7 Å². The molecule has 8 heteroatoms. The van der Waals surface area contributed by atoms with E-state index in [-0.39, 0.29) is 30.0 Å². The lowest BCUT2D eigenvalue weighted by Crippen LogP contribution is -2.50. The summed E-state index contributed by atoms with van der Waals surface area (Å²) in [6.45, 7) is 5.65. The van der Waals surface area contributed by atoms with Crippen LogP contribution in [0.2, 0.25) is 0 Å². The third kappa shape index (κ3) is 3.69. The van der Waals surface area contributed by atoms with E-state index in [2.05, 4.69) is 5.32 Å². The first-order valence-corrected chi connectivity index (χ1v) is 12.2. The molecular formula is C27H24FN3O3S. The average Bonchev–Trinajstić information content (AvgIpc) is 3.28. The van der Waals surface area contributed by atoms with Gasteiger partial charge in [-0.1, -0.05) is 24.3 Å². The molecule has 0 saturated carbocycles. The Balaban J connectivity index is 1.53. The standard InChI is InChI=1S/C27H24FN3O3S/c1-16-7-10-20(13-18(16)3)29-23(32)14-30-25-17(2)5-4-6-22(25)27(26(30)34)31(24(33)15-35-27)21-11-8-19(28)9-12-21/h4-13H,14-15H2,1-3H3,(H,29,32)/t27-/m0/s1. The molecule has 0 aromatic heterocycles. The minimum Gasteiger partial charge on any atom is -0.325 e. The first-order valence-electron chi connectivity index (χ1n) is 11.2. The Morgan fingerprint density at radius 1 is 1.00 bits per heavy atom. The van der Waals surface area contributed by atoms with Gasteiger partial charge in [0.05, 0.1) is 11.4 Å². The van der Waals surface area contributed by atoms with Crippen LogP contribution in [0.15, 0.2) is 60.7 Å². The molecule has 2 aliphatic heterocycles. The predicted octanol–water partition coefficient (Wildman–Crippen LogP) is 4.67. The van der Waals surface area contributed by atoms with E-state index in [4.69, 9.17) is 0 Å². The zero-order valence-corrected chi connectivity index (χ0v) is 20.4. The van der Waals surface area contributed by atoms with Gasteiger partial charge in [-0.2, -0.15) is 0 Å². The Bertz CT molecular complexity index is 1370. The number of para-hydroxylation sites is 1. The number of carbonyl (C=O) groups excluding carboxylic acids is 3. The number of amides is 3. The largest absolute Gasteiger partial charge is 0.325 e. The van der Waals surface area contributed by atoms with Crippen molar-refractivity contribution in [3.05, 3.63) is 88.7 Å². The second kappa shape index (κ2) is 8.53. The summed E-state index contributed by atoms with van der Waals surface area (Å²) >= 11 is 1.23. The van der Waals surface area contributed by atoms with E-state index >= 15 is 0 Å². The van der Waals surface area contributed by atoms with Crippen molar-refractivity contribution in [3.63, 3.8) is 0 Å². The van der Waals surface area contributed by atoms with Crippen molar-refractivity contribution < 1.29 is 18.8 Å². The monoisotopic (exact) mass is 489 g/mol. The number of nitrogens with zero attached hydrogens (tertiary/aromatic N) is 2. The molecule has 0 unspecified atom stereocenters. The summed E-state index contributed by atoms with van der Waals surface area (Å²) in [5.41, 5.74) is 5.37. The van der Waals surface area contributed by atoms with Crippen LogP contribution in [0.1, 0.15) is 22.3 Å². The van der Waals surface area contributed by atoms with Gasteiger partial charge in [0.2, 0.25) is 16.7 Å². The highest BCUT2D eigenvalue weighted by Crippen LogP contribution is 2.56. The lowest BCUT2D eigenvalue weighted by atomic mass is 10.0. The molecule has 1 spiro atoms. The van der Waals surface area contributed by atoms with Crippen molar-refractivity contribution in [1.29, 1.82) is 0 Å². The maximum atomic E-state index is 14.1. The highest BCUT2D eigenvalue weighted by Gasteiger charge is 2.61. The van der Waals surface area contributed by atoms with Crippen LogP contribution < -0.4 is 15.1 Å². The van der Waals surface area contributed by atoms with Gasteiger partial charge in [-0.15, -0.1) is 11.8 Å². The molecule has 3 aromatic carbocycles. The molecule has 35 heavy (non-hydrogen) atoms. The zero-order chi connectivity index (χ0) is 24.9. The summed E-state index contributed by atoms with van der Waals surface area (Å²) in [6.07, 6.45) is 0. The molecule has 5 rings (SSSR count). The summed E-state index contributed by atoms with van der Waals surface area (Å²) in [5, 5.41) is 2.88. The van der Waals surface area contributed by atoms with Crippen molar-refractivity contribution in [2.75, 3.05) is 27.4 Å². The molecule has 0 bridgehead atoms. The Morgan fingerprint density at radius 3 is 2.46 bits per heavy atom. The van der Waals surface area contributed by atoms with Crippen molar-refractivity contribution in [1.82, 2.24) is 0 Å². The van der Waals surface area contributed by atoms with Crippen LogP contribution in [0.5, 0.6) is 0 Å². The summed E-state index contributed by atoms with van der Waals surface area (Å²) in [5.74, 6) is -1.28. The lowest BCUT2D eigenvalue weighted by molar-refractivity contribution is -0.124. The van der Waals surface area contributed by atoms with Gasteiger partial charge in [0, 0.05) is 16.9 Å². The summed E-state index contributed by atoms with van der Waals surface area (Å²) < 4.78 is 13.6. The van der Waals surface area contributed by atoms with Gasteiger partial charge in [-0.3, -0.25) is 24.2 Å². The fourth-order valence-corrected chi connectivity index (χ4v) is 6.10. The number of anilines is 3. The maximum absolute atomic E-state index is 14.1. The van der Waals surface area contributed by atoms with Crippen molar-refractivity contribution in [2.45, 2.75) is 25.6 Å². The van der Waals surface area contributed by atoms with Gasteiger partial charge in [0.25, 0.3) is 5.91 Å². The molecule has 1 fully saturated rings. The van der Waals surface area contributed by atoms with Gasteiger partial charge in [0.1, 0.15) is 12.4 Å². The minimum atomic E-state index is -1.35. The molecule has 1 atom stereocenters. The molecule has 1 saturated heterocycles. The molecule has 0 radical (unpaired) electrons. The number of aryl methyl sites for hydroxylation is 3. The van der Waals surface area contributed by atoms with Crippen molar-refractivity contribution in [2.24, 2.45) is 0 Å². The van der Waals surface area contributed by atoms with Crippen LogP contribution in [0.3, 0.4) is 0 Å². The maximum Gasteiger partial charge on any atom is 0.269 e. The number of rotatable bonds is 4. The fraction of sp³-hybridized carbons (Fsp3) is 0.222. The van der Waals surface area contributed by atoms with Crippen LogP contribution in [0.4, 0.5) is 21.5 Å². The third-order valence-corrected chi connectivity index (χ3v) is 7.94. The van der Waals surface area contributed by atoms with Gasteiger partial charge in [-0.05, 0) is 73.9 Å². The van der Waals surface area contributed by atoms with Crippen LogP contribution in [-0.2, 0) is 19.3 Å². The second-order valence-electron chi connectivity index (χ2n) is 8.85. The number of fused-ring (bicyclic) bond motifs is 2. The van der Waals surface area contributed by atoms with Gasteiger partial charge < -0.3 is 5.32 Å². The van der Waals surface area contributed by atoms with E-state index in [1.54, 1.807) is 0 Å². The van der Waals surface area contributed by atoms with E-state index in [0.717, 1.165) is 16.7 Å². The van der Waals surface area contributed by atoms with Crippen LogP contribution in [0, 0.1) is 26.6 Å². The number of hydrogen-bond acceptors (Lipinski definition) is 4. The summed E-state index contributed by atoms with van der Waals surface area (Å²) in [7, 11) is 0. The molecule has 178 valence electrons. The molecular weight excluding hydrogens is 465 g/mol. The van der Waals surface area contributed by atoms with E-state index in [0.29, 0.717) is 22.6 Å². The molecule has 2 aliphatic rings. The first-order chi connectivity index (χ1) is 16.7. The SMILES string of the molecule is Cc1ccc(NC(=O)CN2C(=O)[C@@]3(SCC(=O)N3c3ccc(F)cc3)c3cccc(C)c32)cc1C. The third-order valence-electron chi connectivity index (χ3n) is 6.55. The Kier molecular flexibility index (Phi) is 5.63. The van der Waals surface area contributed by atoms with Gasteiger partial charge in [0.15, 0.2) is 0 Å². The fourth-order valence-electron chi connectivity index (χ4n) is 4.75. The number of hydrogen-bond donors (Lipinski definition) is 1. The van der Waals surface area contributed by atoms with Gasteiger partial charge >= 0.3 is 0 Å². The Labute approximate surface area is 207 Å². The van der Waals surface area contributed by atoms with E-state index < -0.39 is 10.7 Å². The minimum absolute atomic E-state index is 0.0964. The number of thioether (sulfide) groups is 1. The van der Waals surface area contributed by atoms with E-state index in [9.17, 15) is 18.8 Å². The normalized spacial score (nSPS) is 19.0. The average molecular weight is 490 g/mol. The zero-order valence-electron chi connectivity index (χ0n) is 19.6.